The van der Waals surface area contributed by atoms with Gasteiger partial charge in [-0.15, -0.1) is 0 Å². The maximum Gasteiger partial charge on any atom is 0.150 e. The van der Waals surface area contributed by atoms with E-state index in [4.69, 9.17) is 68.5 Å². The lowest BCUT2D eigenvalue weighted by Gasteiger charge is -2.27. The smallest absolute Gasteiger partial charge is 0.150 e. The lowest BCUT2D eigenvalue weighted by Crippen LogP contribution is -2.32. The number of aryl methyl sites for hydroxylation is 2. The summed E-state index contributed by atoms with van der Waals surface area (Å²) in [6.45, 7) is 20.3. The van der Waals surface area contributed by atoms with E-state index < -0.39 is 0 Å². The largest absolute Gasteiger partial charge is 0.497 e. The van der Waals surface area contributed by atoms with Crippen LogP contribution in [0.2, 0.25) is 0 Å². The molecule has 19 rings (SSSR count). The average Bonchev–Trinajstić information content (AvgIpc) is 1.13. The van der Waals surface area contributed by atoms with Gasteiger partial charge in [-0.05, 0) is 175 Å². The molecule has 1 unspecified atom stereocenters. The van der Waals surface area contributed by atoms with Gasteiger partial charge in [-0.25, -0.2) is 33.4 Å². The van der Waals surface area contributed by atoms with Crippen LogP contribution >= 0.6 is 0 Å². The molecule has 0 bridgehead atoms. The predicted octanol–water partition coefficient (Wildman–Crippen LogP) is 20.4. The number of ether oxygens (including phenoxy) is 8. The first-order chi connectivity index (χ1) is 67.9. The minimum Gasteiger partial charge on any atom is -0.497 e. The number of nitrogens with two attached hydrogens (primary N) is 1. The number of hydrogen-bond acceptors (Lipinski definition) is 27. The van der Waals surface area contributed by atoms with E-state index in [1.165, 1.54) is 31.0 Å². The summed E-state index contributed by atoms with van der Waals surface area (Å²) in [7, 11) is 11.6. The van der Waals surface area contributed by atoms with Crippen LogP contribution in [0.4, 0.5) is 54.3 Å². The van der Waals surface area contributed by atoms with Crippen LogP contribution in [0.5, 0.6) is 34.5 Å². The molecule has 3 saturated heterocycles. The van der Waals surface area contributed by atoms with Crippen molar-refractivity contribution in [3.05, 3.63) is 232 Å². The zero-order valence-corrected chi connectivity index (χ0v) is 81.0. The van der Waals surface area contributed by atoms with Crippen LogP contribution in [0, 0.1) is 17.6 Å². The van der Waals surface area contributed by atoms with Crippen molar-refractivity contribution in [3.8, 4) is 79.5 Å². The summed E-state index contributed by atoms with van der Waals surface area (Å²) in [5.41, 5.74) is 26.5. The second-order valence-corrected chi connectivity index (χ2v) is 34.9. The van der Waals surface area contributed by atoms with Crippen molar-refractivity contribution in [1.82, 2.24) is 89.2 Å². The highest BCUT2D eigenvalue weighted by atomic mass is 19.1. The summed E-state index contributed by atoms with van der Waals surface area (Å²) in [6.07, 6.45) is 33.2. The molecular weight excluding hydrogens is 1770 g/mol. The van der Waals surface area contributed by atoms with E-state index in [-0.39, 0.29) is 25.3 Å². The van der Waals surface area contributed by atoms with E-state index in [9.17, 15) is 8.78 Å². The third-order valence-electron chi connectivity index (χ3n) is 24.6. The van der Waals surface area contributed by atoms with Gasteiger partial charge in [0.2, 0.25) is 0 Å². The molecule has 8 aromatic heterocycles. The van der Waals surface area contributed by atoms with E-state index in [1.807, 2.05) is 167 Å². The zero-order valence-electron chi connectivity index (χ0n) is 81.0. The highest BCUT2D eigenvalue weighted by Gasteiger charge is 2.25. The monoisotopic (exact) mass is 1900 g/mol. The standard InChI is InChI=1S/C30H38N6O3.C26H29FN6O.C26H28FN5O2.C24H28N6O2.CH4/c1-21(2)31-9-10-36(25-13-26(37-3)16-27(14-25)38-4)24-5-6-28-29(15-24)34-30(18-32-28)23-17-33-35(20-23)19-22-7-11-39-12-8-22;1-31-18-19(16-29-31)26-17-28-24-7-6-21(15-25(24)30-26)33(11-5-10-32-8-3-4-9-32)22-12-20(27)13-23(14-22)34-2;1-3-9-31(21-11-19(27)12-22(13-21)33-2)20-7-8-23-24(14-20)30-25(16-28-23)18-15-29-32(17-18)26-6-4-5-10-34-26;1-4-8-29-16-17(14-27-29)24-15-26-22-6-5-18(12-23(22)28-24)30(9-7-25)19-10-20(31-2)13-21(11-19)32-3;/h5-6,13-18,20-22,31H,7-12,19H2,1-4H3;6-7,12-18H,3-5,8-11H2,1-2H3;7-8,11-17,26H,3-6,9-10H2,1-2H3;5-6,10-16H,4,7-9,25H2,1-3H3;1H4. The molecule has 0 aliphatic carbocycles. The number of halogens is 2. The van der Waals surface area contributed by atoms with Gasteiger partial charge in [-0.1, -0.05) is 35.1 Å². The number of aromatic nitrogens is 16. The van der Waals surface area contributed by atoms with Gasteiger partial charge in [0.05, 0.1) is 159 Å². The number of nitrogens with one attached hydrogen (secondary N) is 1. The van der Waals surface area contributed by atoms with E-state index in [0.717, 1.165) is 276 Å². The first-order valence-electron chi connectivity index (χ1n) is 47.7. The van der Waals surface area contributed by atoms with Crippen molar-refractivity contribution in [2.45, 2.75) is 125 Å². The van der Waals surface area contributed by atoms with Crippen LogP contribution in [-0.4, -0.2) is 211 Å². The topological polar surface area (TPSA) is 302 Å². The van der Waals surface area contributed by atoms with E-state index in [1.54, 1.807) is 84.4 Å². The summed E-state index contributed by atoms with van der Waals surface area (Å²) < 4.78 is 80.1. The van der Waals surface area contributed by atoms with Gasteiger partial charge < -0.3 is 73.4 Å². The van der Waals surface area contributed by atoms with Crippen LogP contribution in [0.15, 0.2) is 220 Å². The van der Waals surface area contributed by atoms with Crippen LogP contribution in [0.1, 0.15) is 106 Å². The Hall–Kier alpha value is -14.4. The number of anilines is 8. The molecule has 33 heteroatoms. The molecule has 0 spiro atoms. The summed E-state index contributed by atoms with van der Waals surface area (Å²) >= 11 is 0. The normalized spacial score (nSPS) is 13.8. The van der Waals surface area contributed by atoms with Gasteiger partial charge in [0.15, 0.2) is 0 Å². The molecule has 0 amide bonds. The van der Waals surface area contributed by atoms with Gasteiger partial charge in [-0.2, -0.15) is 20.4 Å². The van der Waals surface area contributed by atoms with Gasteiger partial charge in [0.1, 0.15) is 52.4 Å². The van der Waals surface area contributed by atoms with Crippen molar-refractivity contribution in [2.24, 2.45) is 18.7 Å². The second kappa shape index (κ2) is 48.3. The average molecular weight is 1900 g/mol. The van der Waals surface area contributed by atoms with Crippen molar-refractivity contribution >= 4 is 89.6 Å². The second-order valence-electron chi connectivity index (χ2n) is 34.9. The Labute approximate surface area is 816 Å². The summed E-state index contributed by atoms with van der Waals surface area (Å²) in [5.74, 6) is 3.84. The van der Waals surface area contributed by atoms with Crippen molar-refractivity contribution < 1.29 is 46.7 Å². The molecule has 3 aliphatic rings. The molecule has 16 aromatic rings. The van der Waals surface area contributed by atoms with Crippen LogP contribution in [0.3, 0.4) is 0 Å². The number of hydrogen-bond donors (Lipinski definition) is 2. The van der Waals surface area contributed by atoms with Gasteiger partial charge >= 0.3 is 0 Å². The third-order valence-corrected chi connectivity index (χ3v) is 24.6. The Morgan fingerprint density at radius 3 is 1.26 bits per heavy atom. The highest BCUT2D eigenvalue weighted by molar-refractivity contribution is 5.87. The molecule has 0 saturated carbocycles. The van der Waals surface area contributed by atoms with E-state index in [0.29, 0.717) is 48.0 Å². The van der Waals surface area contributed by atoms with Crippen molar-refractivity contribution in [2.75, 3.05) is 141 Å². The van der Waals surface area contributed by atoms with Crippen LogP contribution in [-0.2, 0) is 29.6 Å². The summed E-state index contributed by atoms with van der Waals surface area (Å²) in [4.78, 5) is 49.2. The lowest BCUT2D eigenvalue weighted by atomic mass is 10.0. The third kappa shape index (κ3) is 25.6. The summed E-state index contributed by atoms with van der Waals surface area (Å²) in [5, 5.41) is 21.3. The molecule has 8 aromatic carbocycles. The minimum atomic E-state index is -0.336. The molecule has 140 heavy (non-hydrogen) atoms. The lowest BCUT2D eigenvalue weighted by molar-refractivity contribution is -0.0394. The Kier molecular flexibility index (Phi) is 34.5. The molecule has 732 valence electrons. The first kappa shape index (κ1) is 100. The minimum absolute atomic E-state index is 0. The van der Waals surface area contributed by atoms with E-state index >= 15 is 0 Å². The molecule has 11 heterocycles. The zero-order chi connectivity index (χ0) is 96.7. The Bertz CT molecular complexity index is 6710. The molecule has 3 fully saturated rings. The number of fused-ring (bicyclic) bond motifs is 4. The highest BCUT2D eigenvalue weighted by Crippen LogP contribution is 2.40. The van der Waals surface area contributed by atoms with Gasteiger partial charge in [-0.3, -0.25) is 34.0 Å². The molecule has 1 atom stereocenters. The Morgan fingerprint density at radius 2 is 0.829 bits per heavy atom. The number of rotatable bonds is 35. The maximum atomic E-state index is 14.4. The van der Waals surface area contributed by atoms with E-state index in [2.05, 4.69) is 111 Å². The maximum absolute atomic E-state index is 14.4. The number of benzene rings is 8. The van der Waals surface area contributed by atoms with Crippen LogP contribution in [0.25, 0.3) is 89.2 Å². The number of nitrogens with zero attached hydrogens (tertiary/aromatic N) is 21. The number of methoxy groups -OCH3 is 6. The molecule has 31 nitrogen and oxygen atoms in total. The summed E-state index contributed by atoms with van der Waals surface area (Å²) in [6, 6.07) is 45.9. The van der Waals surface area contributed by atoms with Gasteiger partial charge in [0, 0.05) is 238 Å². The Morgan fingerprint density at radius 1 is 0.414 bits per heavy atom. The Balaban J connectivity index is 0.000000141. The number of likely N-dealkylation sites (tertiary alicyclic amines) is 1. The fraction of sp³-hybridized carbons (Fsp3) is 0.364. The SMILES string of the molecule is C.CCCN(c1cc(F)cc(OC)c1)c1ccc2ncc(-c3cnn(C4CCCCO4)c3)nc2c1.CCCn1cc(-c2cnc3ccc(N(CCN)c4cc(OC)cc(OC)c4)cc3n2)cn1.COc1cc(F)cc(N(CCCN2CCCC2)c2ccc3ncc(-c4cnn(C)c4)nc3c2)c1.COc1cc(OC)cc(N(CCNC(C)C)c2ccc3ncc(-c4cnn(CC5CCOCC5)c4)nc3c2)c1. The van der Waals surface area contributed by atoms with Gasteiger partial charge in [0.25, 0.3) is 0 Å². The quantitative estimate of drug-likeness (QED) is 0.0373. The van der Waals surface area contributed by atoms with Crippen molar-refractivity contribution in [1.29, 1.82) is 0 Å². The molecule has 0 radical (unpaired) electrons. The molecule has 3 N–H and O–H groups in total. The van der Waals surface area contributed by atoms with Crippen molar-refractivity contribution in [3.63, 3.8) is 0 Å². The predicted molar refractivity (Wildman–Crippen MR) is 549 cm³/mol. The fourth-order valence-electron chi connectivity index (χ4n) is 17.4. The molecule has 3 aliphatic heterocycles. The first-order valence-corrected chi connectivity index (χ1v) is 47.7. The van der Waals surface area contributed by atoms with Crippen LogP contribution < -0.4 is 59.1 Å². The molecular formula is C107H127F2N23O8. The fourth-order valence-corrected chi connectivity index (χ4v) is 17.4.